The van der Waals surface area contributed by atoms with Gasteiger partial charge in [-0.25, -0.2) is 0 Å². The van der Waals surface area contributed by atoms with Crippen LogP contribution < -0.4 is 0 Å². The first-order valence-corrected chi connectivity index (χ1v) is 5.22. The largest absolute Gasteiger partial charge is 0.276 e. The second kappa shape index (κ2) is 5.96. The number of hydrogen-bond donors (Lipinski definition) is 0. The van der Waals surface area contributed by atoms with Crippen molar-refractivity contribution in [3.63, 3.8) is 0 Å². The molecule has 0 aliphatic rings. The fourth-order valence-corrected chi connectivity index (χ4v) is 1.47. The van der Waals surface area contributed by atoms with Gasteiger partial charge in [0.1, 0.15) is 0 Å². The van der Waals surface area contributed by atoms with Crippen LogP contribution in [0.1, 0.15) is 5.56 Å². The quantitative estimate of drug-likeness (QED) is 0.450. The molecule has 1 rings (SSSR count). The summed E-state index contributed by atoms with van der Waals surface area (Å²) in [6, 6.07) is 5.18. The van der Waals surface area contributed by atoms with Crippen LogP contribution >= 0.6 is 34.8 Å². The minimum atomic E-state index is -0.512. The molecule has 0 aromatic heterocycles. The number of allylic oxidation sites excluding steroid dienone is 3. The van der Waals surface area contributed by atoms with Crippen LogP contribution in [0.2, 0.25) is 10.0 Å². The zero-order valence-corrected chi connectivity index (χ0v) is 9.85. The second-order valence-corrected chi connectivity index (χ2v) is 3.90. The topological polar surface area (TPSA) is 17.1 Å². The van der Waals surface area contributed by atoms with E-state index in [1.807, 2.05) is 0 Å². The second-order valence-electron chi connectivity index (χ2n) is 2.69. The molecular weight excluding hydrogens is 254 g/mol. The van der Waals surface area contributed by atoms with Crippen molar-refractivity contribution in [2.45, 2.75) is 0 Å². The molecule has 0 atom stereocenters. The molecule has 1 nitrogen and oxygen atoms in total. The van der Waals surface area contributed by atoms with E-state index in [1.54, 1.807) is 36.4 Å². The van der Waals surface area contributed by atoms with Gasteiger partial charge in [-0.2, -0.15) is 0 Å². The van der Waals surface area contributed by atoms with Gasteiger partial charge in [0, 0.05) is 10.0 Å². The van der Waals surface area contributed by atoms with Crippen LogP contribution in [-0.2, 0) is 4.79 Å². The lowest BCUT2D eigenvalue weighted by Gasteiger charge is -1.97. The average Bonchev–Trinajstić information content (AvgIpc) is 2.14. The third-order valence-electron chi connectivity index (χ3n) is 1.58. The van der Waals surface area contributed by atoms with E-state index in [4.69, 9.17) is 34.8 Å². The van der Waals surface area contributed by atoms with E-state index in [-0.39, 0.29) is 0 Å². The first-order chi connectivity index (χ1) is 7.09. The zero-order chi connectivity index (χ0) is 11.3. The van der Waals surface area contributed by atoms with Crippen LogP contribution in [0.3, 0.4) is 0 Å². The summed E-state index contributed by atoms with van der Waals surface area (Å²) in [7, 11) is 0. The van der Waals surface area contributed by atoms with Crippen LogP contribution in [-0.4, -0.2) is 5.24 Å². The van der Waals surface area contributed by atoms with Crippen LogP contribution in [0.15, 0.2) is 36.4 Å². The first kappa shape index (κ1) is 12.3. The van der Waals surface area contributed by atoms with Crippen LogP contribution in [0.5, 0.6) is 0 Å². The molecular formula is C11H7Cl3O. The van der Waals surface area contributed by atoms with Gasteiger partial charge in [-0.05, 0) is 35.4 Å². The Balaban J connectivity index is 2.77. The molecule has 0 heterocycles. The van der Waals surface area contributed by atoms with E-state index < -0.39 is 5.24 Å². The maximum Gasteiger partial charge on any atom is 0.245 e. The fourth-order valence-electron chi connectivity index (χ4n) is 0.927. The van der Waals surface area contributed by atoms with Gasteiger partial charge in [-0.3, -0.25) is 4.79 Å². The molecule has 0 saturated carbocycles. The Kier molecular flexibility index (Phi) is 4.89. The van der Waals surface area contributed by atoms with Gasteiger partial charge >= 0.3 is 0 Å². The number of carbonyl (C=O) groups is 1. The number of halogens is 3. The lowest BCUT2D eigenvalue weighted by atomic mass is 10.2. The van der Waals surface area contributed by atoms with Gasteiger partial charge in [0.05, 0.1) is 0 Å². The molecule has 1 aromatic rings. The van der Waals surface area contributed by atoms with Crippen molar-refractivity contribution in [1.29, 1.82) is 0 Å². The van der Waals surface area contributed by atoms with Crippen molar-refractivity contribution < 1.29 is 4.79 Å². The summed E-state index contributed by atoms with van der Waals surface area (Å²) in [6.07, 6.45) is 6.23. The number of hydrogen-bond acceptors (Lipinski definition) is 1. The van der Waals surface area contributed by atoms with Gasteiger partial charge in [-0.15, -0.1) is 0 Å². The van der Waals surface area contributed by atoms with Gasteiger partial charge in [0.15, 0.2) is 0 Å². The Bertz CT molecular complexity index is 422. The van der Waals surface area contributed by atoms with Crippen molar-refractivity contribution in [3.05, 3.63) is 52.0 Å². The summed E-state index contributed by atoms with van der Waals surface area (Å²) in [4.78, 5) is 10.4. The summed E-state index contributed by atoms with van der Waals surface area (Å²) in [6.45, 7) is 0. The molecule has 1 aromatic carbocycles. The molecule has 78 valence electrons. The van der Waals surface area contributed by atoms with E-state index in [0.717, 1.165) is 5.56 Å². The molecule has 0 spiro atoms. The summed E-state index contributed by atoms with van der Waals surface area (Å²) in [5.74, 6) is 0. The van der Waals surface area contributed by atoms with E-state index >= 15 is 0 Å². The lowest BCUT2D eigenvalue weighted by Crippen LogP contribution is -1.75. The predicted molar refractivity (Wildman–Crippen MR) is 65.5 cm³/mol. The molecule has 0 saturated heterocycles. The van der Waals surface area contributed by atoms with Gasteiger partial charge in [0.25, 0.3) is 0 Å². The molecule has 0 unspecified atom stereocenters. The Labute approximate surface area is 103 Å². The summed E-state index contributed by atoms with van der Waals surface area (Å²) in [5.41, 5.74) is 0.827. The smallest absolute Gasteiger partial charge is 0.245 e. The fraction of sp³-hybridized carbons (Fsp3) is 0. The average molecular weight is 262 g/mol. The predicted octanol–water partition coefficient (Wildman–Crippen LogP) is 4.33. The molecule has 4 heteroatoms. The summed E-state index contributed by atoms with van der Waals surface area (Å²) in [5, 5.41) is 0.634. The monoisotopic (exact) mass is 260 g/mol. The maximum absolute atomic E-state index is 10.4. The standard InChI is InChI=1S/C11H7Cl3O/c12-9-6-5-8(10(13)7-9)3-1-2-4-11(14)15/h1-7H/b3-1+,4-2+. The Morgan fingerprint density at radius 3 is 2.53 bits per heavy atom. The van der Waals surface area contributed by atoms with E-state index in [1.165, 1.54) is 6.08 Å². The molecule has 0 amide bonds. The van der Waals surface area contributed by atoms with E-state index in [0.29, 0.717) is 10.0 Å². The van der Waals surface area contributed by atoms with Crippen molar-refractivity contribution in [2.24, 2.45) is 0 Å². The summed E-state index contributed by atoms with van der Waals surface area (Å²) < 4.78 is 0. The minimum Gasteiger partial charge on any atom is -0.276 e. The third kappa shape index (κ3) is 4.52. The SMILES string of the molecule is O=C(Cl)/C=C/C=C/c1ccc(Cl)cc1Cl. The lowest BCUT2D eigenvalue weighted by molar-refractivity contribution is -0.107. The normalized spacial score (nSPS) is 11.4. The Hall–Kier alpha value is -0.760. The number of benzene rings is 1. The minimum absolute atomic E-state index is 0.512. The van der Waals surface area contributed by atoms with E-state index in [9.17, 15) is 4.79 Å². The van der Waals surface area contributed by atoms with Gasteiger partial charge in [0.2, 0.25) is 5.24 Å². The first-order valence-electron chi connectivity index (χ1n) is 4.09. The third-order valence-corrected chi connectivity index (χ3v) is 2.27. The molecule has 0 aliphatic heterocycles. The van der Waals surface area contributed by atoms with Crippen LogP contribution in [0.4, 0.5) is 0 Å². The highest BCUT2D eigenvalue weighted by Crippen LogP contribution is 2.21. The summed E-state index contributed by atoms with van der Waals surface area (Å²) >= 11 is 16.8. The van der Waals surface area contributed by atoms with Gasteiger partial charge < -0.3 is 0 Å². The zero-order valence-electron chi connectivity index (χ0n) is 7.58. The van der Waals surface area contributed by atoms with Gasteiger partial charge in [-0.1, -0.05) is 47.5 Å². The molecule has 15 heavy (non-hydrogen) atoms. The molecule has 0 bridgehead atoms. The highest BCUT2D eigenvalue weighted by atomic mass is 35.5. The number of rotatable bonds is 3. The van der Waals surface area contributed by atoms with Crippen LogP contribution in [0, 0.1) is 0 Å². The van der Waals surface area contributed by atoms with Crippen molar-refractivity contribution in [2.75, 3.05) is 0 Å². The highest BCUT2D eigenvalue weighted by molar-refractivity contribution is 6.66. The van der Waals surface area contributed by atoms with Crippen molar-refractivity contribution in [1.82, 2.24) is 0 Å². The molecule has 0 N–H and O–H groups in total. The maximum atomic E-state index is 10.4. The number of carbonyl (C=O) groups excluding carboxylic acids is 1. The van der Waals surface area contributed by atoms with Crippen molar-refractivity contribution in [3.8, 4) is 0 Å². The molecule has 0 radical (unpaired) electrons. The highest BCUT2D eigenvalue weighted by Gasteiger charge is 1.96. The Morgan fingerprint density at radius 1 is 1.20 bits per heavy atom. The van der Waals surface area contributed by atoms with Crippen molar-refractivity contribution >= 4 is 46.1 Å². The molecule has 0 aliphatic carbocycles. The Morgan fingerprint density at radius 2 is 1.93 bits per heavy atom. The van der Waals surface area contributed by atoms with E-state index in [2.05, 4.69) is 0 Å². The van der Waals surface area contributed by atoms with Crippen LogP contribution in [0.25, 0.3) is 6.08 Å². The molecule has 0 fully saturated rings.